The number of rotatable bonds is 13. The SMILES string of the molecule is CCC(C)(C)C(=O)OC(C)(C)C(C)(C)C.CCC(C)(C)C(=O)OC1C2CC3CC(C2)CC1C3.CCC(C)(C)C(=O)OC1CCCCC1.CCC1(OC(=O)C(C)(C)CC)CCCCC1. The van der Waals surface area contributed by atoms with Gasteiger partial charge in [0.25, 0.3) is 0 Å². The van der Waals surface area contributed by atoms with E-state index in [9.17, 15) is 19.2 Å². The van der Waals surface area contributed by atoms with E-state index < -0.39 is 5.60 Å². The fraction of sp³-hybridized carbons (Fsp3) is 0.927. The molecule has 0 aromatic carbocycles. The summed E-state index contributed by atoms with van der Waals surface area (Å²) in [5.41, 5.74) is -1.97. The Labute approximate surface area is 388 Å². The molecule has 0 aromatic heterocycles. The summed E-state index contributed by atoms with van der Waals surface area (Å²) in [6, 6.07) is 0. The van der Waals surface area contributed by atoms with Crippen LogP contribution < -0.4 is 0 Å². The fourth-order valence-electron chi connectivity index (χ4n) is 9.00. The summed E-state index contributed by atoms with van der Waals surface area (Å²) in [5, 5.41) is 0. The van der Waals surface area contributed by atoms with E-state index in [-0.39, 0.29) is 68.8 Å². The highest BCUT2D eigenvalue weighted by Crippen LogP contribution is 2.55. The van der Waals surface area contributed by atoms with Crippen molar-refractivity contribution in [3.63, 3.8) is 0 Å². The van der Waals surface area contributed by atoms with Crippen molar-refractivity contribution in [2.24, 2.45) is 50.7 Å². The Hall–Kier alpha value is -2.12. The van der Waals surface area contributed by atoms with E-state index in [1.54, 1.807) is 0 Å². The van der Waals surface area contributed by atoms with E-state index in [2.05, 4.69) is 34.6 Å². The third kappa shape index (κ3) is 16.6. The lowest BCUT2D eigenvalue weighted by Gasteiger charge is -2.53. The van der Waals surface area contributed by atoms with Crippen molar-refractivity contribution in [1.82, 2.24) is 0 Å². The number of carbonyl (C=O) groups is 4. The maximum absolute atomic E-state index is 12.3. The molecule has 0 aliphatic heterocycles. The molecule has 0 amide bonds. The Morgan fingerprint density at radius 2 is 0.857 bits per heavy atom. The molecule has 6 fully saturated rings. The van der Waals surface area contributed by atoms with Crippen LogP contribution >= 0.6 is 0 Å². The molecule has 8 nitrogen and oxygen atoms in total. The van der Waals surface area contributed by atoms with Gasteiger partial charge in [0, 0.05) is 5.41 Å². The summed E-state index contributed by atoms with van der Waals surface area (Å²) < 4.78 is 22.9. The van der Waals surface area contributed by atoms with Crippen molar-refractivity contribution in [3.05, 3.63) is 0 Å². The van der Waals surface area contributed by atoms with Crippen molar-refractivity contribution >= 4 is 23.9 Å². The predicted octanol–water partition coefficient (Wildman–Crippen LogP) is 15.0. The molecule has 0 heterocycles. The lowest BCUT2D eigenvalue weighted by atomic mass is 9.55. The number of hydrogen-bond donors (Lipinski definition) is 0. The highest BCUT2D eigenvalue weighted by atomic mass is 16.6. The first-order chi connectivity index (χ1) is 28.9. The van der Waals surface area contributed by atoms with Crippen molar-refractivity contribution in [2.75, 3.05) is 0 Å². The van der Waals surface area contributed by atoms with E-state index in [0.717, 1.165) is 69.6 Å². The standard InChI is InChI=1S/C16H26O2.C14H26O2.C13H26O2.C12H22O2/c1-4-16(2,3)15(17)18-14-12-6-10-5-11(8-12)9-13(14)7-10;1-5-13(3,4)12(15)16-14(6-2)10-8-7-9-11-14;1-9-12(5,6)10(14)15-13(7,8)11(2,3)4;1-4-12(2,3)11(13)14-10-8-6-5-7-9-10/h10-14H,4-9H2,1-3H3;5-11H2,1-4H3;9H2,1-8H3;10H,4-9H2,1-3H3. The van der Waals surface area contributed by atoms with Crippen LogP contribution in [-0.2, 0) is 38.1 Å². The number of hydrogen-bond acceptors (Lipinski definition) is 8. The zero-order chi connectivity index (χ0) is 48.2. The molecule has 0 N–H and O–H groups in total. The second kappa shape index (κ2) is 23.6. The van der Waals surface area contributed by atoms with Crippen LogP contribution in [0.2, 0.25) is 0 Å². The molecular weight excluding hydrogens is 789 g/mol. The molecule has 63 heavy (non-hydrogen) atoms. The van der Waals surface area contributed by atoms with Crippen LogP contribution in [0.1, 0.15) is 253 Å². The first-order valence-corrected chi connectivity index (χ1v) is 25.8. The Morgan fingerprint density at radius 3 is 1.25 bits per heavy atom. The maximum atomic E-state index is 12.3. The van der Waals surface area contributed by atoms with Crippen LogP contribution in [0.3, 0.4) is 0 Å². The van der Waals surface area contributed by atoms with Gasteiger partial charge in [-0.3, -0.25) is 19.2 Å². The Morgan fingerprint density at radius 1 is 0.476 bits per heavy atom. The van der Waals surface area contributed by atoms with Gasteiger partial charge in [0.1, 0.15) is 23.4 Å². The van der Waals surface area contributed by atoms with Gasteiger partial charge in [-0.2, -0.15) is 0 Å². The summed E-state index contributed by atoms with van der Waals surface area (Å²) in [6.45, 7) is 36.2. The molecule has 368 valence electrons. The van der Waals surface area contributed by atoms with Crippen LogP contribution in [0, 0.1) is 50.7 Å². The molecule has 6 aliphatic carbocycles. The van der Waals surface area contributed by atoms with Gasteiger partial charge in [0.15, 0.2) is 0 Å². The molecule has 6 rings (SSSR count). The zero-order valence-corrected chi connectivity index (χ0v) is 44.4. The smallest absolute Gasteiger partial charge is 0.312 e. The lowest BCUT2D eigenvalue weighted by Crippen LogP contribution is -2.51. The Bertz CT molecular complexity index is 1400. The second-order valence-electron chi connectivity index (χ2n) is 24.6. The second-order valence-corrected chi connectivity index (χ2v) is 24.6. The number of carbonyl (C=O) groups excluding carboxylic acids is 4. The van der Waals surface area contributed by atoms with E-state index in [4.69, 9.17) is 18.9 Å². The van der Waals surface area contributed by atoms with Gasteiger partial charge in [-0.05, 0) is 208 Å². The van der Waals surface area contributed by atoms with E-state index in [0.29, 0.717) is 11.8 Å². The van der Waals surface area contributed by atoms with Gasteiger partial charge >= 0.3 is 23.9 Å². The molecule has 8 heteroatoms. The van der Waals surface area contributed by atoms with Crippen LogP contribution in [0.4, 0.5) is 0 Å². The monoisotopic (exact) mass is 889 g/mol. The van der Waals surface area contributed by atoms with Crippen LogP contribution in [-0.4, -0.2) is 47.3 Å². The van der Waals surface area contributed by atoms with Gasteiger partial charge in [-0.25, -0.2) is 0 Å². The average molecular weight is 889 g/mol. The third-order valence-electron chi connectivity index (χ3n) is 16.8. The van der Waals surface area contributed by atoms with Gasteiger partial charge in [-0.1, -0.05) is 68.2 Å². The largest absolute Gasteiger partial charge is 0.462 e. The summed E-state index contributed by atoms with van der Waals surface area (Å²) in [7, 11) is 0. The molecule has 0 saturated heterocycles. The minimum atomic E-state index is -0.434. The maximum Gasteiger partial charge on any atom is 0.312 e. The average Bonchev–Trinajstić information content (AvgIpc) is 3.22. The van der Waals surface area contributed by atoms with Crippen molar-refractivity contribution in [1.29, 1.82) is 0 Å². The molecule has 0 aromatic rings. The minimum Gasteiger partial charge on any atom is -0.462 e. The van der Waals surface area contributed by atoms with E-state index in [1.807, 2.05) is 90.0 Å². The molecule has 0 spiro atoms. The van der Waals surface area contributed by atoms with E-state index in [1.165, 1.54) is 70.6 Å². The number of esters is 4. The first-order valence-electron chi connectivity index (χ1n) is 25.8. The highest BCUT2D eigenvalue weighted by Gasteiger charge is 2.51. The normalized spacial score (nSPS) is 24.8. The summed E-state index contributed by atoms with van der Waals surface area (Å²) in [5.74, 6) is 3.14. The minimum absolute atomic E-state index is 0.0150. The topological polar surface area (TPSA) is 105 Å². The van der Waals surface area contributed by atoms with E-state index >= 15 is 0 Å². The third-order valence-corrected chi connectivity index (χ3v) is 16.8. The molecule has 6 saturated carbocycles. The molecule has 6 aliphatic rings. The van der Waals surface area contributed by atoms with Gasteiger partial charge < -0.3 is 18.9 Å². The van der Waals surface area contributed by atoms with Crippen molar-refractivity contribution in [2.45, 2.75) is 276 Å². The highest BCUT2D eigenvalue weighted by molar-refractivity contribution is 5.77. The first kappa shape index (κ1) is 57.0. The Kier molecular flexibility index (Phi) is 21.3. The molecule has 0 radical (unpaired) electrons. The van der Waals surface area contributed by atoms with Crippen molar-refractivity contribution < 1.29 is 38.1 Å². The molecular formula is C55H100O8. The van der Waals surface area contributed by atoms with Crippen molar-refractivity contribution in [3.8, 4) is 0 Å². The van der Waals surface area contributed by atoms with Gasteiger partial charge in [-0.15, -0.1) is 0 Å². The quantitative estimate of drug-likeness (QED) is 0.133. The Balaban J connectivity index is 0.000000291. The molecule has 0 atom stereocenters. The van der Waals surface area contributed by atoms with Crippen LogP contribution in [0.15, 0.2) is 0 Å². The fourth-order valence-corrected chi connectivity index (χ4v) is 9.00. The summed E-state index contributed by atoms with van der Waals surface area (Å²) >= 11 is 0. The molecule has 0 unspecified atom stereocenters. The zero-order valence-electron chi connectivity index (χ0n) is 44.4. The summed E-state index contributed by atoms with van der Waals surface area (Å²) in [4.78, 5) is 48.0. The lowest BCUT2D eigenvalue weighted by molar-refractivity contribution is -0.180. The number of ether oxygens (including phenoxy) is 4. The van der Waals surface area contributed by atoms with Gasteiger partial charge in [0.2, 0.25) is 0 Å². The predicted molar refractivity (Wildman–Crippen MR) is 258 cm³/mol. The molecule has 4 bridgehead atoms. The van der Waals surface area contributed by atoms with Gasteiger partial charge in [0.05, 0.1) is 21.7 Å². The van der Waals surface area contributed by atoms with Crippen LogP contribution in [0.5, 0.6) is 0 Å². The summed E-state index contributed by atoms with van der Waals surface area (Å²) in [6.07, 6.45) is 23.1. The van der Waals surface area contributed by atoms with Crippen LogP contribution in [0.25, 0.3) is 0 Å².